The summed E-state index contributed by atoms with van der Waals surface area (Å²) in [5.41, 5.74) is 6.10. The molecule has 0 aliphatic heterocycles. The molecule has 0 heterocycles. The Kier molecular flexibility index (Phi) is 25.1. The molecule has 0 aliphatic rings. The van der Waals surface area contributed by atoms with E-state index in [2.05, 4.69) is 13.8 Å². The van der Waals surface area contributed by atoms with Gasteiger partial charge in [-0.05, 0) is 39.4 Å². The molecule has 1 aromatic rings. The Hall–Kier alpha value is -1.88. The Morgan fingerprint density at radius 1 is 0.718 bits per heavy atom. The Labute approximate surface area is 241 Å². The minimum absolute atomic E-state index is 0.0483. The Morgan fingerprint density at radius 3 is 1.54 bits per heavy atom. The zero-order valence-corrected chi connectivity index (χ0v) is 26.2. The van der Waals surface area contributed by atoms with Gasteiger partial charge in [0.1, 0.15) is 6.04 Å². The number of unbranched alkanes of at least 4 members (excludes halogenated alkanes) is 15. The van der Waals surface area contributed by atoms with Crippen LogP contribution in [0.25, 0.3) is 0 Å². The van der Waals surface area contributed by atoms with Gasteiger partial charge in [0, 0.05) is 0 Å². The first-order valence-corrected chi connectivity index (χ1v) is 16.0. The zero-order valence-electron chi connectivity index (χ0n) is 26.2. The molecule has 2 unspecified atom stereocenters. The van der Waals surface area contributed by atoms with E-state index in [1.54, 1.807) is 6.92 Å². The summed E-state index contributed by atoms with van der Waals surface area (Å²) in [6.07, 6.45) is 23.7. The molecule has 5 heteroatoms. The zero-order chi connectivity index (χ0) is 29.1. The maximum atomic E-state index is 12.1. The van der Waals surface area contributed by atoms with E-state index >= 15 is 0 Å². The molecule has 0 fully saturated rings. The minimum Gasteiger partial charge on any atom is -0.465 e. The molecule has 39 heavy (non-hydrogen) atoms. The van der Waals surface area contributed by atoms with Crippen LogP contribution >= 0.6 is 0 Å². The fourth-order valence-electron chi connectivity index (χ4n) is 4.69. The number of primary amides is 1. The van der Waals surface area contributed by atoms with Crippen LogP contribution in [0.4, 0.5) is 0 Å². The first kappa shape index (κ1) is 37.1. The van der Waals surface area contributed by atoms with Crippen LogP contribution in [0.5, 0.6) is 0 Å². The third-order valence-electron chi connectivity index (χ3n) is 7.43. The summed E-state index contributed by atoms with van der Waals surface area (Å²) < 4.78 is 5.46. The number of amides is 1. The smallest absolute Gasteiger partial charge is 0.323 e. The van der Waals surface area contributed by atoms with Gasteiger partial charge >= 0.3 is 5.97 Å². The maximum Gasteiger partial charge on any atom is 0.323 e. The number of nitrogens with two attached hydrogens (primary N) is 1. The lowest BCUT2D eigenvalue weighted by molar-refractivity contribution is -0.149. The molecule has 2 N–H and O–H groups in total. The van der Waals surface area contributed by atoms with Crippen LogP contribution in [-0.4, -0.2) is 43.5 Å². The summed E-state index contributed by atoms with van der Waals surface area (Å²) in [7, 11) is 3.91. The lowest BCUT2D eigenvalue weighted by atomic mass is 10.0. The van der Waals surface area contributed by atoms with Crippen molar-refractivity contribution in [1.29, 1.82) is 0 Å². The molecular formula is C34H62N2O3. The highest BCUT2D eigenvalue weighted by Gasteiger charge is 2.20. The Morgan fingerprint density at radius 2 is 1.15 bits per heavy atom. The van der Waals surface area contributed by atoms with E-state index < -0.39 is 0 Å². The van der Waals surface area contributed by atoms with E-state index in [9.17, 15) is 9.59 Å². The second kappa shape index (κ2) is 26.3. The lowest BCUT2D eigenvalue weighted by Gasteiger charge is -2.21. The van der Waals surface area contributed by atoms with Crippen molar-refractivity contribution >= 4 is 11.9 Å². The van der Waals surface area contributed by atoms with E-state index in [1.807, 2.05) is 49.3 Å². The van der Waals surface area contributed by atoms with Gasteiger partial charge in [-0.2, -0.15) is 0 Å². The number of hydrogen-bond acceptors (Lipinski definition) is 4. The van der Waals surface area contributed by atoms with Crippen LogP contribution in [0.1, 0.15) is 148 Å². The summed E-state index contributed by atoms with van der Waals surface area (Å²) in [5.74, 6) is -0.514. The van der Waals surface area contributed by atoms with E-state index in [-0.39, 0.29) is 23.8 Å². The van der Waals surface area contributed by atoms with Crippen molar-refractivity contribution in [2.75, 3.05) is 20.7 Å². The van der Waals surface area contributed by atoms with Gasteiger partial charge in [-0.25, -0.2) is 0 Å². The highest BCUT2D eigenvalue weighted by molar-refractivity contribution is 5.81. The third kappa shape index (κ3) is 21.6. The van der Waals surface area contributed by atoms with Crippen molar-refractivity contribution in [2.45, 2.75) is 148 Å². The molecule has 0 radical (unpaired) electrons. The lowest BCUT2D eigenvalue weighted by Crippen LogP contribution is -2.37. The largest absolute Gasteiger partial charge is 0.465 e. The average molecular weight is 547 g/mol. The predicted molar refractivity (Wildman–Crippen MR) is 167 cm³/mol. The highest BCUT2D eigenvalue weighted by atomic mass is 16.5. The number of benzene rings is 1. The van der Waals surface area contributed by atoms with Gasteiger partial charge in [-0.15, -0.1) is 0 Å². The molecule has 0 saturated heterocycles. The molecule has 0 saturated carbocycles. The number of carbonyl (C=O) groups excluding carboxylic acids is 2. The summed E-state index contributed by atoms with van der Waals surface area (Å²) >= 11 is 0. The van der Waals surface area contributed by atoms with Crippen molar-refractivity contribution < 1.29 is 14.3 Å². The van der Waals surface area contributed by atoms with Crippen molar-refractivity contribution in [3.8, 4) is 0 Å². The summed E-state index contributed by atoms with van der Waals surface area (Å²) in [6, 6.07) is 9.43. The number of carbonyl (C=O) groups is 2. The van der Waals surface area contributed by atoms with Crippen LogP contribution in [0.15, 0.2) is 30.3 Å². The Balaban J connectivity index is 0.00000108. The number of esters is 1. The number of likely N-dealkylation sites (N-methyl/N-ethyl adjacent to an activating group) is 1. The molecule has 1 amide bonds. The molecule has 0 bridgehead atoms. The number of nitrogens with zero attached hydrogens (tertiary/aromatic N) is 1. The molecule has 5 nitrogen and oxygen atoms in total. The van der Waals surface area contributed by atoms with Gasteiger partial charge in [-0.1, -0.05) is 147 Å². The highest BCUT2D eigenvalue weighted by Crippen LogP contribution is 2.14. The average Bonchev–Trinajstić information content (AvgIpc) is 2.93. The molecule has 1 aromatic carbocycles. The molecule has 0 aromatic heterocycles. The second-order valence-electron chi connectivity index (χ2n) is 11.3. The SMILES string of the molecule is CC(C(N)=O)c1ccccc1.CCCCCCCCCCCCCCCCCCOC(=O)C(CCC)N(C)C. The third-order valence-corrected chi connectivity index (χ3v) is 7.43. The number of hydrogen-bond donors (Lipinski definition) is 1. The summed E-state index contributed by atoms with van der Waals surface area (Å²) in [6.45, 7) is 6.79. The minimum atomic E-state index is -0.281. The molecule has 1 rings (SSSR count). The van der Waals surface area contributed by atoms with Crippen LogP contribution in [0, 0.1) is 0 Å². The number of ether oxygens (including phenoxy) is 1. The standard InChI is InChI=1S/C25H51NO2.C9H11NO/c1-5-7-8-9-10-11-12-13-14-15-16-17-18-19-20-21-23-28-25(27)24(22-6-2)26(3)4;1-7(9(10)11)8-5-3-2-4-6-8/h24H,5-23H2,1-4H3;2-7H,1H3,(H2,10,11). The van der Waals surface area contributed by atoms with Gasteiger partial charge < -0.3 is 10.5 Å². The van der Waals surface area contributed by atoms with Crippen molar-refractivity contribution in [3.63, 3.8) is 0 Å². The van der Waals surface area contributed by atoms with Crippen LogP contribution < -0.4 is 5.73 Å². The van der Waals surface area contributed by atoms with Crippen LogP contribution in [0.3, 0.4) is 0 Å². The molecule has 226 valence electrons. The maximum absolute atomic E-state index is 12.1. The van der Waals surface area contributed by atoms with Gasteiger partial charge in [0.15, 0.2) is 0 Å². The fraction of sp³-hybridized carbons (Fsp3) is 0.765. The normalized spacial score (nSPS) is 12.5. The van der Waals surface area contributed by atoms with Gasteiger partial charge in [0.2, 0.25) is 5.91 Å². The monoisotopic (exact) mass is 546 g/mol. The van der Waals surface area contributed by atoms with Crippen LogP contribution in [-0.2, 0) is 14.3 Å². The molecule has 0 aliphatic carbocycles. The van der Waals surface area contributed by atoms with Crippen molar-refractivity contribution in [3.05, 3.63) is 35.9 Å². The van der Waals surface area contributed by atoms with Crippen molar-refractivity contribution in [2.24, 2.45) is 5.73 Å². The van der Waals surface area contributed by atoms with Gasteiger partial charge in [0.25, 0.3) is 0 Å². The first-order chi connectivity index (χ1) is 18.8. The molecule has 2 atom stereocenters. The van der Waals surface area contributed by atoms with E-state index in [4.69, 9.17) is 10.5 Å². The topological polar surface area (TPSA) is 72.6 Å². The quantitative estimate of drug-likeness (QED) is 0.110. The predicted octanol–water partition coefficient (Wildman–Crippen LogP) is 8.80. The van der Waals surface area contributed by atoms with Crippen LogP contribution in [0.2, 0.25) is 0 Å². The van der Waals surface area contributed by atoms with Gasteiger partial charge in [0.05, 0.1) is 12.5 Å². The van der Waals surface area contributed by atoms with Crippen molar-refractivity contribution in [1.82, 2.24) is 4.90 Å². The van der Waals surface area contributed by atoms with E-state index in [0.717, 1.165) is 24.8 Å². The van der Waals surface area contributed by atoms with E-state index in [0.29, 0.717) is 6.61 Å². The fourth-order valence-corrected chi connectivity index (χ4v) is 4.69. The Bertz CT molecular complexity index is 693. The second-order valence-corrected chi connectivity index (χ2v) is 11.3. The summed E-state index contributed by atoms with van der Waals surface area (Å²) in [4.78, 5) is 24.8. The van der Waals surface area contributed by atoms with E-state index in [1.165, 1.54) is 96.3 Å². The van der Waals surface area contributed by atoms with Gasteiger partial charge in [-0.3, -0.25) is 14.5 Å². The summed E-state index contributed by atoms with van der Waals surface area (Å²) in [5, 5.41) is 0. The number of rotatable bonds is 23. The molecular weight excluding hydrogens is 484 g/mol. The first-order valence-electron chi connectivity index (χ1n) is 16.0. The molecule has 0 spiro atoms.